The van der Waals surface area contributed by atoms with E-state index in [1.807, 2.05) is 18.2 Å². The fourth-order valence-corrected chi connectivity index (χ4v) is 2.97. The summed E-state index contributed by atoms with van der Waals surface area (Å²) in [6, 6.07) is 8.14. The van der Waals surface area contributed by atoms with Gasteiger partial charge >= 0.3 is 0 Å². The van der Waals surface area contributed by atoms with Gasteiger partial charge in [-0.3, -0.25) is 9.69 Å². The maximum Gasteiger partial charge on any atom is 0.225 e. The molecule has 0 bridgehead atoms. The average Bonchev–Trinajstić information content (AvgIpc) is 3.00. The molecule has 0 atom stereocenters. The third-order valence-electron chi connectivity index (χ3n) is 4.51. The van der Waals surface area contributed by atoms with Crippen LogP contribution < -0.4 is 5.32 Å². The minimum absolute atomic E-state index is 0.0522. The molecule has 5 nitrogen and oxygen atoms in total. The first-order valence-corrected chi connectivity index (χ1v) is 8.66. The van der Waals surface area contributed by atoms with Gasteiger partial charge in [0.1, 0.15) is 0 Å². The van der Waals surface area contributed by atoms with Gasteiger partial charge < -0.3 is 15.0 Å². The third kappa shape index (κ3) is 3.97. The number of rotatable bonds is 4. The van der Waals surface area contributed by atoms with Crippen LogP contribution in [0.4, 0.5) is 5.69 Å². The van der Waals surface area contributed by atoms with Crippen molar-refractivity contribution in [1.82, 2.24) is 9.88 Å². The fraction of sp³-hybridized carbons (Fsp3) is 0.526. The van der Waals surface area contributed by atoms with Crippen molar-refractivity contribution in [3.05, 3.63) is 30.0 Å². The molecule has 1 aromatic heterocycles. The lowest BCUT2D eigenvalue weighted by molar-refractivity contribution is -0.116. The molecular weight excluding hydrogens is 302 g/mol. The average molecular weight is 329 g/mol. The number of benzene rings is 1. The van der Waals surface area contributed by atoms with Gasteiger partial charge in [0.15, 0.2) is 0 Å². The number of amides is 1. The number of carbonyl (C=O) groups is 1. The highest BCUT2D eigenvalue weighted by atomic mass is 16.5. The van der Waals surface area contributed by atoms with Crippen LogP contribution in [0.3, 0.4) is 0 Å². The number of anilines is 1. The molecule has 1 fully saturated rings. The van der Waals surface area contributed by atoms with Crippen LogP contribution in [0.1, 0.15) is 32.9 Å². The summed E-state index contributed by atoms with van der Waals surface area (Å²) in [5, 5.41) is 4.14. The van der Waals surface area contributed by atoms with Gasteiger partial charge in [-0.05, 0) is 18.2 Å². The largest absolute Gasteiger partial charge is 0.379 e. The molecule has 5 heteroatoms. The summed E-state index contributed by atoms with van der Waals surface area (Å²) in [5.41, 5.74) is 3.17. The highest BCUT2D eigenvalue weighted by molar-refractivity contribution is 6.01. The number of hydrogen-bond donors (Lipinski definition) is 2. The van der Waals surface area contributed by atoms with Crippen LogP contribution in [0.2, 0.25) is 0 Å². The van der Waals surface area contributed by atoms with E-state index in [1.54, 1.807) is 0 Å². The van der Waals surface area contributed by atoms with Crippen LogP contribution in [0.5, 0.6) is 0 Å². The van der Waals surface area contributed by atoms with Crippen molar-refractivity contribution in [2.24, 2.45) is 0 Å². The van der Waals surface area contributed by atoms with Gasteiger partial charge in [-0.2, -0.15) is 0 Å². The number of morpholine rings is 1. The van der Waals surface area contributed by atoms with Crippen molar-refractivity contribution in [2.45, 2.75) is 32.6 Å². The van der Waals surface area contributed by atoms with Gasteiger partial charge in [-0.25, -0.2) is 0 Å². The van der Waals surface area contributed by atoms with Gasteiger partial charge in [0.05, 0.1) is 18.9 Å². The molecule has 1 saturated heterocycles. The first-order chi connectivity index (χ1) is 11.4. The zero-order valence-corrected chi connectivity index (χ0v) is 14.8. The van der Waals surface area contributed by atoms with Crippen molar-refractivity contribution >= 4 is 22.5 Å². The molecule has 2 heterocycles. The lowest BCUT2D eigenvalue weighted by Gasteiger charge is -2.26. The Morgan fingerprint density at radius 3 is 2.75 bits per heavy atom. The number of aromatic nitrogens is 1. The molecule has 1 amide bonds. The standard InChI is InChI=1S/C19H27N3O2/c1-19(2,3)17-13-14-15(20-17)5-4-6-16(14)21-18(23)7-8-22-9-11-24-12-10-22/h4-6,13,20H,7-12H2,1-3H3,(H,21,23). The van der Waals surface area contributed by atoms with Crippen molar-refractivity contribution < 1.29 is 9.53 Å². The van der Waals surface area contributed by atoms with E-state index >= 15 is 0 Å². The number of carbonyl (C=O) groups excluding carboxylic acids is 1. The Labute approximate surface area is 143 Å². The number of H-pyrrole nitrogens is 1. The lowest BCUT2D eigenvalue weighted by Crippen LogP contribution is -2.38. The molecule has 0 saturated carbocycles. The molecule has 0 unspecified atom stereocenters. The Kier molecular flexibility index (Phi) is 4.92. The summed E-state index contributed by atoms with van der Waals surface area (Å²) >= 11 is 0. The Morgan fingerprint density at radius 2 is 2.04 bits per heavy atom. The molecule has 2 aromatic rings. The fourth-order valence-electron chi connectivity index (χ4n) is 2.97. The molecule has 24 heavy (non-hydrogen) atoms. The summed E-state index contributed by atoms with van der Waals surface area (Å²) in [7, 11) is 0. The Balaban J connectivity index is 1.67. The van der Waals surface area contributed by atoms with Gasteiger partial charge in [0, 0.05) is 48.1 Å². The smallest absolute Gasteiger partial charge is 0.225 e. The van der Waals surface area contributed by atoms with Gasteiger partial charge in [0.2, 0.25) is 5.91 Å². The normalized spacial score (nSPS) is 16.5. The van der Waals surface area contributed by atoms with Crippen molar-refractivity contribution in [1.29, 1.82) is 0 Å². The molecule has 0 aliphatic carbocycles. The van der Waals surface area contributed by atoms with Gasteiger partial charge in [-0.1, -0.05) is 26.8 Å². The van der Waals surface area contributed by atoms with Crippen LogP contribution in [0.15, 0.2) is 24.3 Å². The molecule has 1 aliphatic heterocycles. The van der Waals surface area contributed by atoms with Crippen molar-refractivity contribution in [3.8, 4) is 0 Å². The Morgan fingerprint density at radius 1 is 1.29 bits per heavy atom. The van der Waals surface area contributed by atoms with Crippen LogP contribution in [-0.4, -0.2) is 48.6 Å². The quantitative estimate of drug-likeness (QED) is 0.906. The van der Waals surface area contributed by atoms with E-state index in [9.17, 15) is 4.79 Å². The van der Waals surface area contributed by atoms with Crippen LogP contribution in [0.25, 0.3) is 10.9 Å². The first kappa shape index (κ1) is 17.0. The van der Waals surface area contributed by atoms with Crippen LogP contribution in [0, 0.1) is 0 Å². The minimum Gasteiger partial charge on any atom is -0.379 e. The number of aromatic amines is 1. The SMILES string of the molecule is CC(C)(C)c1cc2c(NC(=O)CCN3CCOCC3)cccc2[nH]1. The predicted molar refractivity (Wildman–Crippen MR) is 97.5 cm³/mol. The maximum atomic E-state index is 12.3. The van der Waals surface area contributed by atoms with E-state index in [2.05, 4.69) is 42.0 Å². The predicted octanol–water partition coefficient (Wildman–Crippen LogP) is 3.13. The summed E-state index contributed by atoms with van der Waals surface area (Å²) in [4.78, 5) is 18.1. The van der Waals surface area contributed by atoms with Gasteiger partial charge in [-0.15, -0.1) is 0 Å². The molecule has 0 spiro atoms. The Hall–Kier alpha value is -1.85. The number of nitrogens with zero attached hydrogens (tertiary/aromatic N) is 1. The van der Waals surface area contributed by atoms with Crippen molar-refractivity contribution in [3.63, 3.8) is 0 Å². The topological polar surface area (TPSA) is 57.4 Å². The van der Waals surface area contributed by atoms with E-state index in [4.69, 9.17) is 4.74 Å². The monoisotopic (exact) mass is 329 g/mol. The number of fused-ring (bicyclic) bond motifs is 1. The molecule has 3 rings (SSSR count). The number of nitrogens with one attached hydrogen (secondary N) is 2. The van der Waals surface area contributed by atoms with E-state index in [-0.39, 0.29) is 11.3 Å². The van der Waals surface area contributed by atoms with E-state index in [0.29, 0.717) is 6.42 Å². The van der Waals surface area contributed by atoms with Crippen molar-refractivity contribution in [2.75, 3.05) is 38.2 Å². The second kappa shape index (κ2) is 6.95. The molecular formula is C19H27N3O2. The lowest BCUT2D eigenvalue weighted by atomic mass is 9.92. The van der Waals surface area contributed by atoms with Crippen LogP contribution >= 0.6 is 0 Å². The zero-order valence-electron chi connectivity index (χ0n) is 14.8. The minimum atomic E-state index is 0.0522. The first-order valence-electron chi connectivity index (χ1n) is 8.66. The van der Waals surface area contributed by atoms with E-state index in [1.165, 1.54) is 5.69 Å². The maximum absolute atomic E-state index is 12.3. The molecule has 0 radical (unpaired) electrons. The molecule has 2 N–H and O–H groups in total. The van der Waals surface area contributed by atoms with E-state index in [0.717, 1.165) is 49.4 Å². The second-order valence-corrected chi connectivity index (χ2v) is 7.45. The number of ether oxygens (including phenoxy) is 1. The van der Waals surface area contributed by atoms with Gasteiger partial charge in [0.25, 0.3) is 0 Å². The Bertz CT molecular complexity index is 709. The molecule has 1 aromatic carbocycles. The summed E-state index contributed by atoms with van der Waals surface area (Å²) in [5.74, 6) is 0.0625. The summed E-state index contributed by atoms with van der Waals surface area (Å²) in [6.45, 7) is 10.7. The highest BCUT2D eigenvalue weighted by Crippen LogP contribution is 2.30. The van der Waals surface area contributed by atoms with Crippen LogP contribution in [-0.2, 0) is 14.9 Å². The third-order valence-corrected chi connectivity index (χ3v) is 4.51. The summed E-state index contributed by atoms with van der Waals surface area (Å²) in [6.07, 6.45) is 0.507. The number of hydrogen-bond acceptors (Lipinski definition) is 3. The zero-order chi connectivity index (χ0) is 17.2. The van der Waals surface area contributed by atoms with E-state index < -0.39 is 0 Å². The highest BCUT2D eigenvalue weighted by Gasteiger charge is 2.18. The second-order valence-electron chi connectivity index (χ2n) is 7.45. The molecule has 1 aliphatic rings. The molecule has 130 valence electrons. The summed E-state index contributed by atoms with van der Waals surface area (Å²) < 4.78 is 5.33.